The van der Waals surface area contributed by atoms with E-state index in [2.05, 4.69) is 97.8 Å². The van der Waals surface area contributed by atoms with Gasteiger partial charge in [0.15, 0.2) is 0 Å². The van der Waals surface area contributed by atoms with E-state index in [1.165, 1.54) is 16.3 Å². The SMILES string of the molecule is [O-]c1c(I)cc(I)cc1/C=N/N1CC[NH+](Cc2cccc3ccccc23)CC1. The Morgan fingerprint density at radius 2 is 1.79 bits per heavy atom. The largest absolute Gasteiger partial charge is 0.871 e. The third-order valence-electron chi connectivity index (χ3n) is 5.16. The predicted octanol–water partition coefficient (Wildman–Crippen LogP) is 2.86. The molecule has 28 heavy (non-hydrogen) atoms. The minimum Gasteiger partial charge on any atom is -0.871 e. The molecule has 1 fully saturated rings. The fourth-order valence-corrected chi connectivity index (χ4v) is 5.53. The van der Waals surface area contributed by atoms with Crippen LogP contribution < -0.4 is 10.0 Å². The van der Waals surface area contributed by atoms with Gasteiger partial charge in [-0.1, -0.05) is 48.2 Å². The van der Waals surface area contributed by atoms with E-state index in [0.29, 0.717) is 5.56 Å². The Morgan fingerprint density at radius 3 is 2.61 bits per heavy atom. The van der Waals surface area contributed by atoms with Crippen molar-refractivity contribution in [2.45, 2.75) is 6.54 Å². The van der Waals surface area contributed by atoms with Crippen LogP contribution in [-0.4, -0.2) is 37.4 Å². The van der Waals surface area contributed by atoms with E-state index in [0.717, 1.165) is 39.9 Å². The fourth-order valence-electron chi connectivity index (χ4n) is 3.64. The quantitative estimate of drug-likeness (QED) is 0.372. The first kappa shape index (κ1) is 19.9. The van der Waals surface area contributed by atoms with Crippen molar-refractivity contribution in [3.05, 3.63) is 72.9 Å². The molecule has 0 aliphatic carbocycles. The molecule has 0 atom stereocenters. The standard InChI is InChI=1S/C22H21I2N3O/c23-19-12-18(22(28)21(24)13-19)14-25-27-10-8-26(9-11-27)15-17-6-3-5-16-4-1-2-7-20(16)17/h1-7,12-14,28H,8-11,15H2/b25-14+. The number of halogens is 2. The van der Waals surface area contributed by atoms with Gasteiger partial charge in [-0.3, -0.25) is 5.01 Å². The average Bonchev–Trinajstić information content (AvgIpc) is 2.71. The van der Waals surface area contributed by atoms with Crippen LogP contribution in [0, 0.1) is 7.14 Å². The topological polar surface area (TPSA) is 43.1 Å². The second-order valence-electron chi connectivity index (χ2n) is 7.07. The third kappa shape index (κ3) is 4.60. The molecule has 4 nitrogen and oxygen atoms in total. The molecule has 0 unspecified atom stereocenters. The first-order valence-electron chi connectivity index (χ1n) is 9.35. The normalized spacial score (nSPS) is 15.6. The number of quaternary nitrogens is 1. The highest BCUT2D eigenvalue weighted by Crippen LogP contribution is 2.23. The molecule has 0 bridgehead atoms. The summed E-state index contributed by atoms with van der Waals surface area (Å²) in [6.07, 6.45) is 1.72. The van der Waals surface area contributed by atoms with Crippen molar-refractivity contribution in [1.29, 1.82) is 0 Å². The van der Waals surface area contributed by atoms with Crippen LogP contribution >= 0.6 is 45.2 Å². The molecule has 1 saturated heterocycles. The molecule has 3 aromatic carbocycles. The zero-order valence-corrected chi connectivity index (χ0v) is 19.7. The van der Waals surface area contributed by atoms with E-state index in [-0.39, 0.29) is 5.75 Å². The molecule has 1 N–H and O–H groups in total. The van der Waals surface area contributed by atoms with Crippen molar-refractivity contribution in [2.24, 2.45) is 5.10 Å². The Hall–Kier alpha value is -1.39. The summed E-state index contributed by atoms with van der Waals surface area (Å²) >= 11 is 4.33. The lowest BCUT2D eigenvalue weighted by Crippen LogP contribution is -3.13. The lowest BCUT2D eigenvalue weighted by molar-refractivity contribution is -0.918. The molecule has 1 aliphatic rings. The summed E-state index contributed by atoms with van der Waals surface area (Å²) in [5.41, 5.74) is 2.08. The summed E-state index contributed by atoms with van der Waals surface area (Å²) in [6, 6.07) is 19.0. The maximum atomic E-state index is 12.2. The Balaban J connectivity index is 1.38. The van der Waals surface area contributed by atoms with Gasteiger partial charge in [-0.2, -0.15) is 5.10 Å². The zero-order valence-electron chi connectivity index (χ0n) is 15.4. The maximum absolute atomic E-state index is 12.2. The van der Waals surface area contributed by atoms with Crippen molar-refractivity contribution < 1.29 is 10.0 Å². The Bertz CT molecular complexity index is 1010. The predicted molar refractivity (Wildman–Crippen MR) is 129 cm³/mol. The van der Waals surface area contributed by atoms with Crippen LogP contribution in [0.3, 0.4) is 0 Å². The third-order valence-corrected chi connectivity index (χ3v) is 6.59. The molecular weight excluding hydrogens is 576 g/mol. The van der Waals surface area contributed by atoms with E-state index in [1.807, 2.05) is 12.1 Å². The average molecular weight is 597 g/mol. The lowest BCUT2D eigenvalue weighted by atomic mass is 10.0. The van der Waals surface area contributed by atoms with Gasteiger partial charge in [0.25, 0.3) is 0 Å². The van der Waals surface area contributed by atoms with Gasteiger partial charge < -0.3 is 10.0 Å². The van der Waals surface area contributed by atoms with E-state index in [1.54, 1.807) is 11.1 Å². The molecule has 0 saturated carbocycles. The highest BCUT2D eigenvalue weighted by molar-refractivity contribution is 14.1. The maximum Gasteiger partial charge on any atom is 0.104 e. The number of nitrogens with one attached hydrogen (secondary N) is 1. The number of hydrazone groups is 1. The smallest absolute Gasteiger partial charge is 0.104 e. The van der Waals surface area contributed by atoms with Gasteiger partial charge in [0.1, 0.15) is 6.54 Å². The molecular formula is C22H21I2N3O. The number of benzene rings is 3. The molecule has 1 heterocycles. The van der Waals surface area contributed by atoms with E-state index in [9.17, 15) is 5.11 Å². The number of hydrogen-bond acceptors (Lipinski definition) is 3. The van der Waals surface area contributed by atoms with Crippen LogP contribution in [0.2, 0.25) is 0 Å². The van der Waals surface area contributed by atoms with Crippen LogP contribution in [0.5, 0.6) is 5.75 Å². The Morgan fingerprint density at radius 1 is 1.04 bits per heavy atom. The summed E-state index contributed by atoms with van der Waals surface area (Å²) in [5, 5.41) is 21.6. The number of fused-ring (bicyclic) bond motifs is 1. The van der Waals surface area contributed by atoms with Crippen LogP contribution in [0.25, 0.3) is 10.8 Å². The van der Waals surface area contributed by atoms with E-state index < -0.39 is 0 Å². The Kier molecular flexibility index (Phi) is 6.37. The number of hydrogen-bond donors (Lipinski definition) is 1. The van der Waals surface area contributed by atoms with Gasteiger partial charge in [0.2, 0.25) is 0 Å². The molecule has 1 aliphatic heterocycles. The van der Waals surface area contributed by atoms with Crippen molar-refractivity contribution >= 4 is 62.2 Å². The van der Waals surface area contributed by atoms with Crippen LogP contribution in [0.15, 0.2) is 59.7 Å². The van der Waals surface area contributed by atoms with Gasteiger partial charge in [0.05, 0.1) is 32.4 Å². The van der Waals surface area contributed by atoms with E-state index in [4.69, 9.17) is 0 Å². The van der Waals surface area contributed by atoms with Crippen molar-refractivity contribution in [3.8, 4) is 5.75 Å². The van der Waals surface area contributed by atoms with E-state index >= 15 is 0 Å². The minimum absolute atomic E-state index is 0.0602. The van der Waals surface area contributed by atoms with Gasteiger partial charge in [0, 0.05) is 12.7 Å². The van der Waals surface area contributed by atoms with Gasteiger partial charge in [-0.15, -0.1) is 0 Å². The highest BCUT2D eigenvalue weighted by atomic mass is 127. The molecule has 0 aromatic heterocycles. The van der Waals surface area contributed by atoms with Crippen LogP contribution in [0.4, 0.5) is 0 Å². The summed E-state index contributed by atoms with van der Waals surface area (Å²) in [7, 11) is 0. The van der Waals surface area contributed by atoms with Crippen LogP contribution in [0.1, 0.15) is 11.1 Å². The molecule has 0 radical (unpaired) electrons. The molecule has 4 rings (SSSR count). The van der Waals surface area contributed by atoms with Gasteiger partial charge in [-0.05, 0) is 73.7 Å². The van der Waals surface area contributed by atoms with Gasteiger partial charge in [-0.25, -0.2) is 0 Å². The molecule has 6 heteroatoms. The van der Waals surface area contributed by atoms with Crippen molar-refractivity contribution in [2.75, 3.05) is 26.2 Å². The summed E-state index contributed by atoms with van der Waals surface area (Å²) in [5.74, 6) is 0.0602. The monoisotopic (exact) mass is 597 g/mol. The summed E-state index contributed by atoms with van der Waals surface area (Å²) in [6.45, 7) is 4.96. The van der Waals surface area contributed by atoms with Crippen molar-refractivity contribution in [3.63, 3.8) is 0 Å². The van der Waals surface area contributed by atoms with Crippen LogP contribution in [-0.2, 0) is 6.54 Å². The Labute approximate surface area is 192 Å². The fraction of sp³-hybridized carbons (Fsp3) is 0.227. The molecule has 144 valence electrons. The molecule has 3 aromatic rings. The van der Waals surface area contributed by atoms with Crippen molar-refractivity contribution in [1.82, 2.24) is 5.01 Å². The first-order chi connectivity index (χ1) is 13.6. The zero-order chi connectivity index (χ0) is 19.5. The second kappa shape index (κ2) is 8.96. The van der Waals surface area contributed by atoms with Gasteiger partial charge >= 0.3 is 0 Å². The summed E-state index contributed by atoms with van der Waals surface area (Å²) < 4.78 is 1.81. The molecule has 0 spiro atoms. The molecule has 0 amide bonds. The number of rotatable bonds is 4. The number of piperazine rings is 1. The summed E-state index contributed by atoms with van der Waals surface area (Å²) in [4.78, 5) is 1.58. The lowest BCUT2D eigenvalue weighted by Gasteiger charge is -2.30. The minimum atomic E-state index is 0.0602. The first-order valence-corrected chi connectivity index (χ1v) is 11.5. The second-order valence-corrected chi connectivity index (χ2v) is 9.48. The number of nitrogens with zero attached hydrogens (tertiary/aromatic N) is 2. The highest BCUT2D eigenvalue weighted by Gasteiger charge is 2.19.